The van der Waals surface area contributed by atoms with Gasteiger partial charge in [-0.15, -0.1) is 11.6 Å². The van der Waals surface area contributed by atoms with E-state index >= 15 is 0 Å². The summed E-state index contributed by atoms with van der Waals surface area (Å²) in [5.74, 6) is 0. The predicted molar refractivity (Wildman–Crippen MR) is 55.5 cm³/mol. The number of rotatable bonds is 2. The van der Waals surface area contributed by atoms with Crippen LogP contribution in [0.2, 0.25) is 0 Å². The van der Waals surface area contributed by atoms with Crippen molar-refractivity contribution in [3.63, 3.8) is 0 Å². The minimum Gasteiger partial charge on any atom is -0.333 e. The monoisotopic (exact) mass is 187 g/mol. The molecule has 0 amide bonds. The Labute approximate surface area is 75.4 Å². The summed E-state index contributed by atoms with van der Waals surface area (Å²) in [5.41, 5.74) is 5.42. The molecule has 1 nitrogen and oxygen atoms in total. The lowest BCUT2D eigenvalue weighted by atomic mass is 10.4. The SMILES string of the molecule is CCl.NC[SiH2]c1ccccc1. The second-order valence-corrected chi connectivity index (χ2v) is 3.92. The molecule has 0 fully saturated rings. The molecule has 0 aliphatic carbocycles. The van der Waals surface area contributed by atoms with E-state index in [-0.39, 0.29) is 9.52 Å². The van der Waals surface area contributed by atoms with Crippen LogP contribution in [0.15, 0.2) is 30.3 Å². The number of alkyl halides is 1. The van der Waals surface area contributed by atoms with Crippen LogP contribution in [0, 0.1) is 0 Å². The van der Waals surface area contributed by atoms with Gasteiger partial charge in [0.1, 0.15) is 0 Å². The summed E-state index contributed by atoms with van der Waals surface area (Å²) < 4.78 is 0. The van der Waals surface area contributed by atoms with Crippen LogP contribution < -0.4 is 10.9 Å². The molecule has 0 radical (unpaired) electrons. The number of benzene rings is 1. The Morgan fingerprint density at radius 1 is 1.27 bits per heavy atom. The third-order valence-electron chi connectivity index (χ3n) is 1.28. The van der Waals surface area contributed by atoms with Gasteiger partial charge in [-0.1, -0.05) is 35.5 Å². The van der Waals surface area contributed by atoms with E-state index in [2.05, 4.69) is 35.9 Å². The summed E-state index contributed by atoms with van der Waals surface area (Å²) in [7, 11) is -0.123. The summed E-state index contributed by atoms with van der Waals surface area (Å²) >= 11 is 4.64. The lowest BCUT2D eigenvalue weighted by molar-refractivity contribution is 1.37. The summed E-state index contributed by atoms with van der Waals surface area (Å²) in [5, 5.41) is 1.46. The van der Waals surface area contributed by atoms with Gasteiger partial charge in [-0.05, 0) is 6.17 Å². The third kappa shape index (κ3) is 5.01. The fourth-order valence-corrected chi connectivity index (χ4v) is 1.75. The molecule has 11 heavy (non-hydrogen) atoms. The average Bonchev–Trinajstić information content (AvgIpc) is 2.11. The van der Waals surface area contributed by atoms with Crippen molar-refractivity contribution in [3.05, 3.63) is 30.3 Å². The van der Waals surface area contributed by atoms with Crippen molar-refractivity contribution in [1.82, 2.24) is 0 Å². The normalized spacial score (nSPS) is 9.36. The second-order valence-electron chi connectivity index (χ2n) is 2.02. The quantitative estimate of drug-likeness (QED) is 0.522. The van der Waals surface area contributed by atoms with Gasteiger partial charge in [-0.2, -0.15) is 0 Å². The van der Waals surface area contributed by atoms with Crippen LogP contribution in [-0.4, -0.2) is 22.1 Å². The van der Waals surface area contributed by atoms with Gasteiger partial charge in [-0.25, -0.2) is 0 Å². The van der Waals surface area contributed by atoms with Crippen LogP contribution >= 0.6 is 11.6 Å². The van der Waals surface area contributed by atoms with Gasteiger partial charge in [0.2, 0.25) is 0 Å². The van der Waals surface area contributed by atoms with Crippen molar-refractivity contribution in [3.8, 4) is 0 Å². The van der Waals surface area contributed by atoms with E-state index in [9.17, 15) is 0 Å². The van der Waals surface area contributed by atoms with Crippen LogP contribution in [0.1, 0.15) is 0 Å². The van der Waals surface area contributed by atoms with Crippen molar-refractivity contribution in [2.45, 2.75) is 0 Å². The zero-order chi connectivity index (χ0) is 8.53. The van der Waals surface area contributed by atoms with Crippen molar-refractivity contribution in [2.75, 3.05) is 12.6 Å². The van der Waals surface area contributed by atoms with E-state index in [0.717, 1.165) is 6.17 Å². The number of nitrogens with two attached hydrogens (primary N) is 1. The Bertz CT molecular complexity index is 167. The highest BCUT2D eigenvalue weighted by Gasteiger charge is 1.85. The molecule has 0 aliphatic heterocycles. The fourth-order valence-electron chi connectivity index (χ4n) is 0.811. The van der Waals surface area contributed by atoms with Gasteiger partial charge in [0.25, 0.3) is 0 Å². The highest BCUT2D eigenvalue weighted by molar-refractivity contribution is 6.53. The summed E-state index contributed by atoms with van der Waals surface area (Å²) in [6, 6.07) is 10.5. The first-order chi connectivity index (χ1) is 5.43. The summed E-state index contributed by atoms with van der Waals surface area (Å²) in [4.78, 5) is 0. The minimum atomic E-state index is -0.123. The fraction of sp³-hybridized carbons (Fsp3) is 0.250. The molecule has 3 heteroatoms. The molecule has 62 valence electrons. The molecule has 0 heterocycles. The smallest absolute Gasteiger partial charge is 0.0697 e. The van der Waals surface area contributed by atoms with Gasteiger partial charge in [-0.3, -0.25) is 0 Å². The van der Waals surface area contributed by atoms with Gasteiger partial charge < -0.3 is 5.73 Å². The van der Waals surface area contributed by atoms with E-state index in [1.807, 2.05) is 6.07 Å². The Kier molecular flexibility index (Phi) is 7.57. The number of halogens is 1. The van der Waals surface area contributed by atoms with E-state index in [4.69, 9.17) is 5.73 Å². The molecule has 0 unspecified atom stereocenters. The highest BCUT2D eigenvalue weighted by atomic mass is 35.5. The molecule has 0 aliphatic rings. The van der Waals surface area contributed by atoms with Crippen LogP contribution in [0.25, 0.3) is 0 Å². The highest BCUT2D eigenvalue weighted by Crippen LogP contribution is 1.79. The molecule has 1 rings (SSSR count). The molecule has 0 spiro atoms. The molecule has 0 bridgehead atoms. The number of hydrogen-bond acceptors (Lipinski definition) is 1. The van der Waals surface area contributed by atoms with Crippen molar-refractivity contribution in [1.29, 1.82) is 0 Å². The first-order valence-electron chi connectivity index (χ1n) is 3.55. The first kappa shape index (κ1) is 10.7. The number of hydrogen-bond donors (Lipinski definition) is 1. The molecule has 0 aromatic heterocycles. The van der Waals surface area contributed by atoms with Crippen LogP contribution in [0.4, 0.5) is 0 Å². The standard InChI is InChI=1S/C7H11NSi.CH3Cl/c8-6-9-7-4-2-1-3-5-7;1-2/h1-5H,6,8-9H2;1H3. The van der Waals surface area contributed by atoms with Crippen LogP contribution in [0.5, 0.6) is 0 Å². The molecular weight excluding hydrogens is 174 g/mol. The van der Waals surface area contributed by atoms with Crippen LogP contribution in [-0.2, 0) is 0 Å². The molecule has 0 atom stereocenters. The molecule has 0 saturated heterocycles. The topological polar surface area (TPSA) is 26.0 Å². The maximum absolute atomic E-state index is 5.42. The lowest BCUT2D eigenvalue weighted by Crippen LogP contribution is -2.22. The summed E-state index contributed by atoms with van der Waals surface area (Å²) in [6.07, 6.45) is 2.35. The Hall–Kier alpha value is -0.313. The van der Waals surface area contributed by atoms with Crippen molar-refractivity contribution >= 4 is 26.3 Å². The van der Waals surface area contributed by atoms with Gasteiger partial charge in [0.15, 0.2) is 0 Å². The average molecular weight is 188 g/mol. The molecule has 1 aromatic rings. The zero-order valence-electron chi connectivity index (χ0n) is 6.76. The van der Waals surface area contributed by atoms with Crippen molar-refractivity contribution in [2.24, 2.45) is 5.73 Å². The summed E-state index contributed by atoms with van der Waals surface area (Å²) in [6.45, 7) is 0. The minimum absolute atomic E-state index is 0.123. The zero-order valence-corrected chi connectivity index (χ0v) is 8.93. The van der Waals surface area contributed by atoms with Gasteiger partial charge in [0, 0.05) is 6.38 Å². The van der Waals surface area contributed by atoms with E-state index < -0.39 is 0 Å². The largest absolute Gasteiger partial charge is 0.333 e. The van der Waals surface area contributed by atoms with Gasteiger partial charge >= 0.3 is 0 Å². The second kappa shape index (κ2) is 7.79. The van der Waals surface area contributed by atoms with Crippen LogP contribution in [0.3, 0.4) is 0 Å². The lowest BCUT2D eigenvalue weighted by Gasteiger charge is -1.93. The first-order valence-corrected chi connectivity index (χ1v) is 6.01. The molecule has 1 aromatic carbocycles. The van der Waals surface area contributed by atoms with Gasteiger partial charge in [0.05, 0.1) is 9.52 Å². The van der Waals surface area contributed by atoms with E-state index in [1.165, 1.54) is 11.6 Å². The Morgan fingerprint density at radius 2 is 1.82 bits per heavy atom. The molecule has 2 N–H and O–H groups in total. The maximum Gasteiger partial charge on any atom is 0.0697 e. The predicted octanol–water partition coefficient (Wildman–Crippen LogP) is 0.252. The van der Waals surface area contributed by atoms with E-state index in [1.54, 1.807) is 0 Å². The third-order valence-corrected chi connectivity index (χ3v) is 2.61. The molecule has 0 saturated carbocycles. The van der Waals surface area contributed by atoms with E-state index in [0.29, 0.717) is 0 Å². The van der Waals surface area contributed by atoms with Crippen molar-refractivity contribution < 1.29 is 0 Å². The Morgan fingerprint density at radius 3 is 2.27 bits per heavy atom. The maximum atomic E-state index is 5.42. The Balaban J connectivity index is 0.000000461. The molecular formula is C8H14ClNSi.